The summed E-state index contributed by atoms with van der Waals surface area (Å²) in [6, 6.07) is 14.6. The molecule has 23 heavy (non-hydrogen) atoms. The van der Waals surface area contributed by atoms with E-state index < -0.39 is 8.80 Å². The summed E-state index contributed by atoms with van der Waals surface area (Å²) in [5.74, 6) is 0. The van der Waals surface area contributed by atoms with Crippen LogP contribution in [0.1, 0.15) is 20.8 Å². The molecule has 1 aromatic heterocycles. The van der Waals surface area contributed by atoms with Gasteiger partial charge in [-0.2, -0.15) is 0 Å². The monoisotopic (exact) mass is 329 g/mol. The number of rotatable bonds is 7. The zero-order valence-corrected chi connectivity index (χ0v) is 14.9. The van der Waals surface area contributed by atoms with Crippen molar-refractivity contribution < 1.29 is 13.3 Å². The number of hydrogen-bond acceptors (Lipinski definition) is 3. The first-order chi connectivity index (χ1) is 11.2. The topological polar surface area (TPSA) is 43.5 Å². The highest BCUT2D eigenvalue weighted by atomic mass is 28.4. The van der Waals surface area contributed by atoms with E-state index in [9.17, 15) is 0 Å². The Morgan fingerprint density at radius 2 is 1.39 bits per heavy atom. The molecule has 0 fully saturated rings. The van der Waals surface area contributed by atoms with Gasteiger partial charge < -0.3 is 18.3 Å². The molecule has 0 atom stereocenters. The van der Waals surface area contributed by atoms with Gasteiger partial charge in [-0.15, -0.1) is 0 Å². The van der Waals surface area contributed by atoms with Crippen LogP contribution in [0.25, 0.3) is 21.8 Å². The number of H-pyrrole nitrogens is 1. The lowest BCUT2D eigenvalue weighted by molar-refractivity contribution is 0.0859. The molecule has 0 bridgehead atoms. The first-order valence-electron chi connectivity index (χ1n) is 8.17. The van der Waals surface area contributed by atoms with Crippen LogP contribution in [0.15, 0.2) is 42.5 Å². The minimum atomic E-state index is -2.86. The lowest BCUT2D eigenvalue weighted by Gasteiger charge is -2.28. The molecule has 0 unspecified atom stereocenters. The van der Waals surface area contributed by atoms with Crippen LogP contribution in [0, 0.1) is 0 Å². The van der Waals surface area contributed by atoms with E-state index in [0.29, 0.717) is 19.8 Å². The predicted molar refractivity (Wildman–Crippen MR) is 96.1 cm³/mol. The minimum Gasteiger partial charge on any atom is -0.370 e. The number of para-hydroxylation sites is 1. The van der Waals surface area contributed by atoms with Gasteiger partial charge in [0.05, 0.1) is 0 Å². The molecule has 3 rings (SSSR count). The summed E-state index contributed by atoms with van der Waals surface area (Å²) in [7, 11) is -2.86. The van der Waals surface area contributed by atoms with E-state index in [1.807, 2.05) is 26.8 Å². The summed E-state index contributed by atoms with van der Waals surface area (Å²) in [4.78, 5) is 3.45. The van der Waals surface area contributed by atoms with Crippen molar-refractivity contribution in [3.63, 3.8) is 0 Å². The molecule has 0 aliphatic rings. The Kier molecular flexibility index (Phi) is 4.82. The Labute approximate surface area is 137 Å². The molecule has 2 aromatic carbocycles. The Hall–Kier alpha value is -1.66. The van der Waals surface area contributed by atoms with Crippen molar-refractivity contribution in [3.8, 4) is 0 Å². The van der Waals surface area contributed by atoms with E-state index in [4.69, 9.17) is 13.3 Å². The van der Waals surface area contributed by atoms with Crippen LogP contribution in [0.2, 0.25) is 0 Å². The van der Waals surface area contributed by atoms with Gasteiger partial charge in [-0.25, -0.2) is 0 Å². The quantitative estimate of drug-likeness (QED) is 0.674. The smallest absolute Gasteiger partial charge is 0.370 e. The average Bonchev–Trinajstić information content (AvgIpc) is 2.93. The molecular formula is C18H23NO3Si. The van der Waals surface area contributed by atoms with Gasteiger partial charge in [0.15, 0.2) is 0 Å². The third-order valence-electron chi connectivity index (χ3n) is 3.86. The summed E-state index contributed by atoms with van der Waals surface area (Å²) in [5, 5.41) is 3.39. The molecule has 0 aliphatic heterocycles. The zero-order valence-electron chi connectivity index (χ0n) is 13.9. The minimum absolute atomic E-state index is 0.568. The fourth-order valence-corrected chi connectivity index (χ4v) is 5.48. The van der Waals surface area contributed by atoms with E-state index in [1.54, 1.807) is 0 Å². The zero-order chi connectivity index (χ0) is 16.3. The first kappa shape index (κ1) is 16.2. The maximum atomic E-state index is 6.02. The third-order valence-corrected chi connectivity index (χ3v) is 6.89. The molecule has 0 saturated carbocycles. The molecule has 5 heteroatoms. The third kappa shape index (κ3) is 2.93. The van der Waals surface area contributed by atoms with E-state index in [0.717, 1.165) is 16.2 Å². The summed E-state index contributed by atoms with van der Waals surface area (Å²) in [6.07, 6.45) is 0. The molecule has 0 saturated heterocycles. The lowest BCUT2D eigenvalue weighted by Crippen LogP contribution is -2.56. The Balaban J connectivity index is 2.17. The first-order valence-corrected chi connectivity index (χ1v) is 9.89. The number of fused-ring (bicyclic) bond motifs is 3. The van der Waals surface area contributed by atoms with Crippen molar-refractivity contribution in [1.29, 1.82) is 0 Å². The molecule has 3 aromatic rings. The number of aromatic amines is 1. The van der Waals surface area contributed by atoms with Gasteiger partial charge in [0.25, 0.3) is 0 Å². The number of hydrogen-bond donors (Lipinski definition) is 1. The van der Waals surface area contributed by atoms with E-state index >= 15 is 0 Å². The van der Waals surface area contributed by atoms with Crippen molar-refractivity contribution in [3.05, 3.63) is 42.5 Å². The molecule has 0 radical (unpaired) electrons. The van der Waals surface area contributed by atoms with Gasteiger partial charge >= 0.3 is 8.80 Å². The van der Waals surface area contributed by atoms with Crippen LogP contribution >= 0.6 is 0 Å². The number of benzene rings is 2. The summed E-state index contributed by atoms with van der Waals surface area (Å²) in [5.41, 5.74) is 2.25. The summed E-state index contributed by atoms with van der Waals surface area (Å²) in [6.45, 7) is 7.63. The van der Waals surface area contributed by atoms with E-state index in [2.05, 4.69) is 41.4 Å². The average molecular weight is 329 g/mol. The van der Waals surface area contributed by atoms with Gasteiger partial charge in [-0.1, -0.05) is 24.3 Å². The van der Waals surface area contributed by atoms with Crippen molar-refractivity contribution in [1.82, 2.24) is 4.98 Å². The number of aromatic nitrogens is 1. The van der Waals surface area contributed by atoms with Gasteiger partial charge in [-0.3, -0.25) is 0 Å². The maximum absolute atomic E-state index is 6.02. The fourth-order valence-electron chi connectivity index (χ4n) is 2.98. The highest BCUT2D eigenvalue weighted by Crippen LogP contribution is 2.25. The van der Waals surface area contributed by atoms with Crippen LogP contribution < -0.4 is 5.19 Å². The summed E-state index contributed by atoms with van der Waals surface area (Å²) < 4.78 is 18.1. The van der Waals surface area contributed by atoms with Gasteiger partial charge in [0.1, 0.15) is 0 Å². The van der Waals surface area contributed by atoms with Crippen LogP contribution in [0.4, 0.5) is 0 Å². The molecule has 1 N–H and O–H groups in total. The van der Waals surface area contributed by atoms with Crippen molar-refractivity contribution >= 4 is 35.8 Å². The standard InChI is InChI=1S/C18H23NO3Si/c1-4-20-23(21-5-2,22-6-3)14-11-12-18-16(13-14)15-9-7-8-10-17(15)19-18/h7-13,19H,4-6H2,1-3H3. The maximum Gasteiger partial charge on any atom is 0.537 e. The van der Waals surface area contributed by atoms with Crippen LogP contribution in [-0.4, -0.2) is 33.6 Å². The van der Waals surface area contributed by atoms with Gasteiger partial charge in [-0.05, 0) is 39.0 Å². The van der Waals surface area contributed by atoms with E-state index in [-0.39, 0.29) is 0 Å². The van der Waals surface area contributed by atoms with Crippen molar-refractivity contribution in [2.45, 2.75) is 20.8 Å². The second kappa shape index (κ2) is 6.84. The predicted octanol–water partition coefficient (Wildman–Crippen LogP) is 3.58. The Bertz CT molecular complexity index is 782. The molecular weight excluding hydrogens is 306 g/mol. The van der Waals surface area contributed by atoms with Crippen LogP contribution in [0.3, 0.4) is 0 Å². The second-order valence-corrected chi connectivity index (χ2v) is 7.84. The SMILES string of the molecule is CCO[Si](OCC)(OCC)c1ccc2[nH]c3ccccc3c2c1. The molecule has 122 valence electrons. The highest BCUT2D eigenvalue weighted by Gasteiger charge is 2.43. The molecule has 4 nitrogen and oxygen atoms in total. The van der Waals surface area contributed by atoms with Crippen molar-refractivity contribution in [2.75, 3.05) is 19.8 Å². The number of nitrogens with one attached hydrogen (secondary N) is 1. The van der Waals surface area contributed by atoms with Crippen LogP contribution in [-0.2, 0) is 13.3 Å². The summed E-state index contributed by atoms with van der Waals surface area (Å²) >= 11 is 0. The van der Waals surface area contributed by atoms with E-state index in [1.165, 1.54) is 10.8 Å². The van der Waals surface area contributed by atoms with Gasteiger partial charge in [0, 0.05) is 46.8 Å². The van der Waals surface area contributed by atoms with Gasteiger partial charge in [0.2, 0.25) is 0 Å². The normalized spacial score (nSPS) is 12.3. The lowest BCUT2D eigenvalue weighted by atomic mass is 10.1. The molecule has 0 aliphatic carbocycles. The van der Waals surface area contributed by atoms with Crippen LogP contribution in [0.5, 0.6) is 0 Å². The largest absolute Gasteiger partial charge is 0.537 e. The second-order valence-electron chi connectivity index (χ2n) is 5.29. The fraction of sp³-hybridized carbons (Fsp3) is 0.333. The molecule has 1 heterocycles. The molecule has 0 spiro atoms. The van der Waals surface area contributed by atoms with Crippen molar-refractivity contribution in [2.24, 2.45) is 0 Å². The molecule has 0 amide bonds. The Morgan fingerprint density at radius 1 is 0.783 bits per heavy atom. The highest BCUT2D eigenvalue weighted by molar-refractivity contribution is 6.75. The Morgan fingerprint density at radius 3 is 2.04 bits per heavy atom.